The van der Waals surface area contributed by atoms with E-state index < -0.39 is 29.7 Å². The van der Waals surface area contributed by atoms with Crippen molar-refractivity contribution in [3.63, 3.8) is 0 Å². The number of carbonyl (C=O) groups excluding carboxylic acids is 4. The van der Waals surface area contributed by atoms with Crippen molar-refractivity contribution < 1.29 is 23.9 Å². The summed E-state index contributed by atoms with van der Waals surface area (Å²) < 4.78 is 11.8. The quantitative estimate of drug-likeness (QED) is 0.0824. The van der Waals surface area contributed by atoms with Gasteiger partial charge in [0.1, 0.15) is 23.1 Å². The van der Waals surface area contributed by atoms with Gasteiger partial charge in [-0.15, -0.1) is 0 Å². The Morgan fingerprint density at radius 1 is 0.821 bits per heavy atom. The Labute approximate surface area is 398 Å². The van der Waals surface area contributed by atoms with Crippen LogP contribution in [0.2, 0.25) is 0 Å². The third-order valence-corrected chi connectivity index (χ3v) is 13.8. The second-order valence-electron chi connectivity index (χ2n) is 16.7. The maximum absolute atomic E-state index is 13.5. The van der Waals surface area contributed by atoms with E-state index in [1.807, 2.05) is 43.9 Å². The zero-order valence-corrected chi connectivity index (χ0v) is 39.4. The van der Waals surface area contributed by atoms with Crippen LogP contribution in [0.1, 0.15) is 46.4 Å². The average molecular weight is 988 g/mol. The molecule has 0 aliphatic carbocycles. The number of benzene rings is 3. The summed E-state index contributed by atoms with van der Waals surface area (Å²) in [6.45, 7) is 4.93. The van der Waals surface area contributed by atoms with E-state index in [0.717, 1.165) is 102 Å². The SMILES string of the molecule is COc1cc(N2CCC(N3CCN(c4ccc5c(c4)C(=O)N(C4CCC(=O)NC4=O)C5=O)CC3)CC2)c(-c2cnn(C)c2)cc1Nc1ncc(Br)c(Nc2ccc3nccnc3c2NSC)n1. The van der Waals surface area contributed by atoms with Gasteiger partial charge in [0.15, 0.2) is 0 Å². The smallest absolute Gasteiger partial charge is 0.262 e. The number of piperazine rings is 1. The van der Waals surface area contributed by atoms with Gasteiger partial charge in [-0.25, -0.2) is 4.98 Å². The molecule has 3 aromatic carbocycles. The highest BCUT2D eigenvalue weighted by atomic mass is 79.9. The van der Waals surface area contributed by atoms with Crippen LogP contribution in [0.4, 0.5) is 40.2 Å². The molecule has 3 saturated heterocycles. The number of halogens is 1. The lowest BCUT2D eigenvalue weighted by Gasteiger charge is -2.44. The topological polar surface area (TPSA) is 208 Å². The van der Waals surface area contributed by atoms with Crippen LogP contribution < -0.4 is 35.2 Å². The molecule has 67 heavy (non-hydrogen) atoms. The van der Waals surface area contributed by atoms with Crippen LogP contribution in [0.25, 0.3) is 22.2 Å². The number of amides is 4. The molecule has 21 heteroatoms. The second kappa shape index (κ2) is 18.4. The van der Waals surface area contributed by atoms with Crippen molar-refractivity contribution in [3.8, 4) is 16.9 Å². The van der Waals surface area contributed by atoms with Gasteiger partial charge in [-0.05, 0) is 71.6 Å². The summed E-state index contributed by atoms with van der Waals surface area (Å²) in [5.41, 5.74) is 8.23. The number of imide groups is 2. The number of piperidine rings is 2. The van der Waals surface area contributed by atoms with E-state index in [1.54, 1.807) is 42.5 Å². The summed E-state index contributed by atoms with van der Waals surface area (Å²) in [5.74, 6) is -0.446. The van der Waals surface area contributed by atoms with Crippen molar-refractivity contribution in [2.45, 2.75) is 37.8 Å². The Morgan fingerprint density at radius 2 is 1.61 bits per heavy atom. The van der Waals surface area contributed by atoms with Crippen molar-refractivity contribution >= 4 is 103 Å². The predicted octanol–water partition coefficient (Wildman–Crippen LogP) is 5.96. The highest BCUT2D eigenvalue weighted by Gasteiger charge is 2.45. The lowest BCUT2D eigenvalue weighted by Crippen LogP contribution is -2.54. The number of fused-ring (bicyclic) bond motifs is 2. The molecule has 10 rings (SSSR count). The number of anilines is 7. The van der Waals surface area contributed by atoms with Gasteiger partial charge in [0.2, 0.25) is 17.8 Å². The van der Waals surface area contributed by atoms with E-state index in [0.29, 0.717) is 39.3 Å². The molecular weight excluding hydrogens is 941 g/mol. The lowest BCUT2D eigenvalue weighted by atomic mass is 9.98. The normalized spacial score (nSPS) is 18.1. The van der Waals surface area contributed by atoms with E-state index >= 15 is 0 Å². The molecule has 4 aliphatic heterocycles. The molecule has 1 unspecified atom stereocenters. The summed E-state index contributed by atoms with van der Waals surface area (Å²) >= 11 is 5.09. The largest absolute Gasteiger partial charge is 0.494 e. The van der Waals surface area contributed by atoms with Crippen molar-refractivity contribution in [2.24, 2.45) is 7.05 Å². The monoisotopic (exact) mass is 986 g/mol. The summed E-state index contributed by atoms with van der Waals surface area (Å²) in [6, 6.07) is 12.8. The number of hydrogen-bond donors (Lipinski definition) is 4. The van der Waals surface area contributed by atoms with Crippen molar-refractivity contribution in [1.29, 1.82) is 0 Å². The highest BCUT2D eigenvalue weighted by Crippen LogP contribution is 2.42. The molecule has 4 N–H and O–H groups in total. The maximum atomic E-state index is 13.5. The molecule has 0 bridgehead atoms. The minimum Gasteiger partial charge on any atom is -0.494 e. The number of rotatable bonds is 12. The molecule has 6 aromatic rings. The number of carbonyl (C=O) groups is 4. The lowest BCUT2D eigenvalue weighted by molar-refractivity contribution is -0.136. The average Bonchev–Trinajstić information content (AvgIpc) is 3.89. The van der Waals surface area contributed by atoms with Gasteiger partial charge in [0.25, 0.3) is 11.8 Å². The molecular formula is C46H47BrN14O5S. The number of nitrogens with one attached hydrogen (secondary N) is 4. The van der Waals surface area contributed by atoms with Gasteiger partial charge in [0.05, 0.1) is 51.5 Å². The van der Waals surface area contributed by atoms with Gasteiger partial charge in [-0.1, -0.05) is 11.9 Å². The number of aromatic nitrogens is 6. The van der Waals surface area contributed by atoms with E-state index in [2.05, 4.69) is 83.5 Å². The summed E-state index contributed by atoms with van der Waals surface area (Å²) in [5, 5.41) is 13.6. The molecule has 3 fully saturated rings. The maximum Gasteiger partial charge on any atom is 0.262 e. The van der Waals surface area contributed by atoms with E-state index in [-0.39, 0.29) is 18.4 Å². The van der Waals surface area contributed by atoms with Gasteiger partial charge >= 0.3 is 0 Å². The molecule has 4 aliphatic rings. The first kappa shape index (κ1) is 44.0. The van der Waals surface area contributed by atoms with Crippen LogP contribution in [0.15, 0.2) is 77.9 Å². The Hall–Kier alpha value is -6.84. The Balaban J connectivity index is 0.818. The number of ether oxygens (including phenoxy) is 1. The summed E-state index contributed by atoms with van der Waals surface area (Å²) in [7, 11) is 3.57. The van der Waals surface area contributed by atoms with Crippen LogP contribution in [0, 0.1) is 0 Å². The van der Waals surface area contributed by atoms with Crippen LogP contribution >= 0.6 is 27.9 Å². The first-order valence-electron chi connectivity index (χ1n) is 22.0. The molecule has 0 saturated carbocycles. The number of hydrogen-bond acceptors (Lipinski definition) is 17. The Kier molecular flexibility index (Phi) is 12.1. The minimum atomic E-state index is -0.990. The van der Waals surface area contributed by atoms with E-state index in [9.17, 15) is 19.2 Å². The predicted molar refractivity (Wildman–Crippen MR) is 260 cm³/mol. The number of nitrogens with zero attached hydrogens (tertiary/aromatic N) is 10. The van der Waals surface area contributed by atoms with Crippen LogP contribution in [0.3, 0.4) is 0 Å². The molecule has 0 spiro atoms. The van der Waals surface area contributed by atoms with Crippen LogP contribution in [-0.2, 0) is 16.6 Å². The first-order valence-corrected chi connectivity index (χ1v) is 24.0. The summed E-state index contributed by atoms with van der Waals surface area (Å²) in [6.07, 6.45) is 13.0. The highest BCUT2D eigenvalue weighted by molar-refractivity contribution is 9.10. The Morgan fingerprint density at radius 3 is 2.36 bits per heavy atom. The van der Waals surface area contributed by atoms with Gasteiger partial charge in [-0.3, -0.25) is 48.9 Å². The second-order valence-corrected chi connectivity index (χ2v) is 18.2. The van der Waals surface area contributed by atoms with Crippen LogP contribution in [-0.4, -0.2) is 128 Å². The van der Waals surface area contributed by atoms with Gasteiger partial charge in [-0.2, -0.15) is 10.1 Å². The molecule has 4 amide bonds. The molecule has 1 atom stereocenters. The molecule has 7 heterocycles. The van der Waals surface area contributed by atoms with Crippen LogP contribution in [0.5, 0.6) is 5.75 Å². The summed E-state index contributed by atoms with van der Waals surface area (Å²) in [4.78, 5) is 77.8. The van der Waals surface area contributed by atoms with Crippen molar-refractivity contribution in [1.82, 2.24) is 44.8 Å². The fourth-order valence-corrected chi connectivity index (χ4v) is 10.2. The van der Waals surface area contributed by atoms with Crippen molar-refractivity contribution in [2.75, 3.05) is 77.8 Å². The first-order chi connectivity index (χ1) is 32.6. The number of aryl methyl sites for hydroxylation is 1. The molecule has 344 valence electrons. The third-order valence-electron chi connectivity index (χ3n) is 12.8. The zero-order valence-electron chi connectivity index (χ0n) is 37.0. The third kappa shape index (κ3) is 8.57. The van der Waals surface area contributed by atoms with Gasteiger partial charge < -0.3 is 29.9 Å². The fourth-order valence-electron chi connectivity index (χ4n) is 9.47. The van der Waals surface area contributed by atoms with E-state index in [1.165, 1.54) is 11.9 Å². The minimum absolute atomic E-state index is 0.0817. The van der Waals surface area contributed by atoms with Gasteiger partial charge in [0, 0.05) is 118 Å². The molecule has 0 radical (unpaired) electrons. The number of methoxy groups -OCH3 is 1. The van der Waals surface area contributed by atoms with Crippen molar-refractivity contribution in [3.05, 3.63) is 89.0 Å². The van der Waals surface area contributed by atoms with E-state index in [4.69, 9.17) is 9.72 Å². The Bertz CT molecular complexity index is 2940. The fraction of sp³-hybridized carbons (Fsp3) is 0.326. The zero-order chi connectivity index (χ0) is 46.3. The standard InChI is InChI=1S/C46H47BrN14O5S/c1-57-25-26(23-51-57)30-21-35(53-46-50-24-32(47)42(55-46)52-34-7-6-33-40(41(34)56-67-3)49-13-12-48-33)38(66-2)22-37(30)60-14-10-27(11-15-60)58-16-18-59(19-17-58)28-4-5-29-31(20-28)45(65)61(44(29)64)36-8-9-39(62)54-43(36)63/h4-7,12-13,20-25,27,36,56H,8-11,14-19H2,1-3H3,(H,54,62,63)(H2,50,52,53,55). The molecule has 19 nitrogen and oxygen atoms in total. The molecule has 3 aromatic heterocycles.